The molecule has 222 valence electrons. The van der Waals surface area contributed by atoms with Crippen LogP contribution in [0.5, 0.6) is 0 Å². The van der Waals surface area contributed by atoms with Crippen molar-refractivity contribution in [3.63, 3.8) is 0 Å². The maximum atomic E-state index is 12.6. The van der Waals surface area contributed by atoms with E-state index in [0.29, 0.717) is 24.3 Å². The number of methoxy groups -OCH3 is 1. The third-order valence-electron chi connectivity index (χ3n) is 12.1. The Kier molecular flexibility index (Phi) is 8.40. The predicted octanol–water partition coefficient (Wildman–Crippen LogP) is 4.89. The van der Waals surface area contributed by atoms with Gasteiger partial charge in [-0.1, -0.05) is 32.9 Å². The van der Waals surface area contributed by atoms with Gasteiger partial charge in [0.15, 0.2) is 0 Å². The molecule has 3 N–H and O–H groups in total. The molecule has 4 saturated carbocycles. The molecule has 7 heteroatoms. The predicted molar refractivity (Wildman–Crippen MR) is 150 cm³/mol. The maximum absolute atomic E-state index is 12.6. The lowest BCUT2D eigenvalue weighted by molar-refractivity contribution is -0.207. The summed E-state index contributed by atoms with van der Waals surface area (Å²) in [5.41, 5.74) is 1.07. The average molecular weight is 557 g/mol. The van der Waals surface area contributed by atoms with Crippen molar-refractivity contribution in [2.45, 2.75) is 103 Å². The van der Waals surface area contributed by atoms with Crippen molar-refractivity contribution in [2.24, 2.45) is 46.3 Å². The minimum Gasteiger partial charge on any atom is -0.465 e. The zero-order chi connectivity index (χ0) is 28.8. The van der Waals surface area contributed by atoms with Crippen molar-refractivity contribution in [3.05, 3.63) is 35.4 Å². The molecule has 7 nitrogen and oxygen atoms in total. The highest BCUT2D eigenvalue weighted by molar-refractivity contribution is 5.89. The molecule has 4 aliphatic carbocycles. The minimum absolute atomic E-state index is 0.0680. The minimum atomic E-state index is -0.428. The fraction of sp³-hybridized carbons (Fsp3) is 0.758. The Labute approximate surface area is 238 Å². The third-order valence-corrected chi connectivity index (χ3v) is 12.1. The van der Waals surface area contributed by atoms with Gasteiger partial charge in [-0.15, -0.1) is 0 Å². The molecule has 0 heterocycles. The zero-order valence-corrected chi connectivity index (χ0v) is 24.6. The molecule has 4 aliphatic rings. The van der Waals surface area contributed by atoms with Crippen LogP contribution in [-0.4, -0.2) is 52.7 Å². The summed E-state index contributed by atoms with van der Waals surface area (Å²) in [7, 11) is 1.34. The molecule has 11 atom stereocenters. The van der Waals surface area contributed by atoms with Crippen molar-refractivity contribution in [1.82, 2.24) is 0 Å². The first-order valence-electron chi connectivity index (χ1n) is 15.4. The van der Waals surface area contributed by atoms with Crippen LogP contribution in [0.1, 0.15) is 94.5 Å². The molecule has 0 saturated heterocycles. The van der Waals surface area contributed by atoms with Crippen molar-refractivity contribution in [1.29, 1.82) is 0 Å². The Hall–Kier alpha value is -1.96. The summed E-state index contributed by atoms with van der Waals surface area (Å²) < 4.78 is 10.2. The number of esters is 2. The number of hydrogen-bond acceptors (Lipinski definition) is 7. The van der Waals surface area contributed by atoms with Gasteiger partial charge in [-0.05, 0) is 115 Å². The third kappa shape index (κ3) is 5.11. The Morgan fingerprint density at radius 1 is 1.00 bits per heavy atom. The lowest BCUT2D eigenvalue weighted by Gasteiger charge is -2.63. The fourth-order valence-electron chi connectivity index (χ4n) is 9.77. The van der Waals surface area contributed by atoms with Gasteiger partial charge in [0.25, 0.3) is 0 Å². The highest BCUT2D eigenvalue weighted by Crippen LogP contribution is 2.68. The molecule has 0 aliphatic heterocycles. The number of ether oxygens (including phenoxy) is 2. The second-order valence-corrected chi connectivity index (χ2v) is 13.9. The molecular weight excluding hydrogens is 508 g/mol. The number of benzene rings is 1. The first kappa shape index (κ1) is 29.5. The van der Waals surface area contributed by atoms with Crippen LogP contribution in [0.4, 0.5) is 0 Å². The van der Waals surface area contributed by atoms with Crippen LogP contribution in [0.25, 0.3) is 0 Å². The monoisotopic (exact) mass is 556 g/mol. The topological polar surface area (TPSA) is 113 Å². The number of rotatable bonds is 7. The molecule has 1 aromatic carbocycles. The van der Waals surface area contributed by atoms with Crippen LogP contribution in [0.15, 0.2) is 24.3 Å². The largest absolute Gasteiger partial charge is 0.465 e. The van der Waals surface area contributed by atoms with E-state index < -0.39 is 12.1 Å². The molecule has 0 spiro atoms. The molecule has 40 heavy (non-hydrogen) atoms. The van der Waals surface area contributed by atoms with E-state index in [1.54, 1.807) is 24.3 Å². The lowest BCUT2D eigenvalue weighted by atomic mass is 9.43. The number of carbonyl (C=O) groups is 2. The van der Waals surface area contributed by atoms with E-state index in [0.717, 1.165) is 50.5 Å². The highest BCUT2D eigenvalue weighted by Gasteiger charge is 2.65. The first-order chi connectivity index (χ1) is 19.0. The number of aliphatic hydroxyl groups excluding tert-OH is 3. The van der Waals surface area contributed by atoms with Crippen molar-refractivity contribution in [2.75, 3.05) is 7.11 Å². The number of fused-ring (bicyclic) bond motifs is 5. The molecule has 0 bridgehead atoms. The molecular formula is C33H48O7. The van der Waals surface area contributed by atoms with E-state index in [-0.39, 0.29) is 65.2 Å². The van der Waals surface area contributed by atoms with Gasteiger partial charge in [-0.3, -0.25) is 4.79 Å². The average Bonchev–Trinajstić information content (AvgIpc) is 3.30. The number of carbonyl (C=O) groups excluding carboxylic acids is 2. The van der Waals surface area contributed by atoms with E-state index in [1.807, 2.05) is 0 Å². The van der Waals surface area contributed by atoms with E-state index in [1.165, 1.54) is 7.11 Å². The molecule has 0 radical (unpaired) electrons. The van der Waals surface area contributed by atoms with Crippen LogP contribution >= 0.6 is 0 Å². The van der Waals surface area contributed by atoms with Crippen molar-refractivity contribution < 1.29 is 34.4 Å². The van der Waals surface area contributed by atoms with Gasteiger partial charge in [0.2, 0.25) is 0 Å². The molecule has 0 aromatic heterocycles. The molecule has 5 rings (SSSR count). The van der Waals surface area contributed by atoms with Gasteiger partial charge in [0.1, 0.15) is 6.61 Å². The molecule has 1 aromatic rings. The Morgan fingerprint density at radius 2 is 1.73 bits per heavy atom. The lowest BCUT2D eigenvalue weighted by Crippen LogP contribution is -2.62. The van der Waals surface area contributed by atoms with Crippen molar-refractivity contribution in [3.8, 4) is 0 Å². The second kappa shape index (κ2) is 11.4. The molecule has 0 unspecified atom stereocenters. The maximum Gasteiger partial charge on any atom is 0.337 e. The van der Waals surface area contributed by atoms with Gasteiger partial charge in [0.05, 0.1) is 31.0 Å². The van der Waals surface area contributed by atoms with Gasteiger partial charge in [0, 0.05) is 6.42 Å². The summed E-state index contributed by atoms with van der Waals surface area (Å²) in [6.45, 7) is 6.97. The summed E-state index contributed by atoms with van der Waals surface area (Å²) in [6, 6.07) is 6.85. The highest BCUT2D eigenvalue weighted by atomic mass is 16.5. The first-order valence-corrected chi connectivity index (χ1v) is 15.4. The number of hydrogen-bond donors (Lipinski definition) is 3. The van der Waals surface area contributed by atoms with E-state index in [9.17, 15) is 24.9 Å². The van der Waals surface area contributed by atoms with E-state index in [4.69, 9.17) is 9.47 Å². The number of aliphatic hydroxyl groups is 3. The zero-order valence-electron chi connectivity index (χ0n) is 24.6. The van der Waals surface area contributed by atoms with Crippen LogP contribution in [0.2, 0.25) is 0 Å². The molecule has 4 fully saturated rings. The summed E-state index contributed by atoms with van der Waals surface area (Å²) >= 11 is 0. The van der Waals surface area contributed by atoms with Crippen LogP contribution in [0.3, 0.4) is 0 Å². The Balaban J connectivity index is 1.19. The summed E-state index contributed by atoms with van der Waals surface area (Å²) in [6.07, 6.45) is 6.01. The van der Waals surface area contributed by atoms with E-state index >= 15 is 0 Å². The fourth-order valence-corrected chi connectivity index (χ4v) is 9.77. The molecule has 0 amide bonds. The smallest absolute Gasteiger partial charge is 0.337 e. The van der Waals surface area contributed by atoms with Gasteiger partial charge >= 0.3 is 11.9 Å². The SMILES string of the molecule is COC(=O)c1ccc(COC(=O)CC[C@@H](C)[C@H]2CC[C@H]3[C@@H]4[C@H](O)C[C@@H]5C[C@H](O)CC[C@]5(C)[C@H]4C[C@H](O)[C@]23C)cc1. The normalized spacial score (nSPS) is 41.3. The quantitative estimate of drug-likeness (QED) is 0.410. The Morgan fingerprint density at radius 3 is 2.42 bits per heavy atom. The van der Waals surface area contributed by atoms with E-state index in [2.05, 4.69) is 20.8 Å². The van der Waals surface area contributed by atoms with Crippen LogP contribution in [0, 0.1) is 46.3 Å². The summed E-state index contributed by atoms with van der Waals surface area (Å²) in [4.78, 5) is 24.2. The standard InChI is InChI=1S/C33H48O7/c1-19(5-12-29(37)40-18-20-6-8-21(9-7-20)31(38)39-4)24-10-11-25-30-26(17-28(36)33(24,25)3)32(2)14-13-23(34)15-22(32)16-27(30)35/h6-9,19,22-28,30,34-36H,5,10-18H2,1-4H3/t19-,22+,23-,24-,25+,26+,27-,28+,30+,32+,33-/m1/s1. The van der Waals surface area contributed by atoms with Crippen LogP contribution < -0.4 is 0 Å². The van der Waals surface area contributed by atoms with Gasteiger partial charge in [-0.2, -0.15) is 0 Å². The van der Waals surface area contributed by atoms with Crippen LogP contribution in [-0.2, 0) is 20.9 Å². The van der Waals surface area contributed by atoms with Gasteiger partial charge < -0.3 is 24.8 Å². The van der Waals surface area contributed by atoms with Crippen molar-refractivity contribution >= 4 is 11.9 Å². The Bertz CT molecular complexity index is 1070. The second-order valence-electron chi connectivity index (χ2n) is 13.9. The summed E-state index contributed by atoms with van der Waals surface area (Å²) in [5.74, 6) is 0.966. The summed E-state index contributed by atoms with van der Waals surface area (Å²) in [5, 5.41) is 33.5. The van der Waals surface area contributed by atoms with Gasteiger partial charge in [-0.25, -0.2) is 4.79 Å².